The molecule has 0 radical (unpaired) electrons. The third-order valence-electron chi connectivity index (χ3n) is 3.54. The summed E-state index contributed by atoms with van der Waals surface area (Å²) in [6.07, 6.45) is 1.41. The zero-order chi connectivity index (χ0) is 19.4. The van der Waals surface area contributed by atoms with Gasteiger partial charge in [-0.25, -0.2) is 17.8 Å². The Morgan fingerprint density at radius 2 is 1.67 bits per heavy atom. The van der Waals surface area contributed by atoms with Gasteiger partial charge in [0.15, 0.2) is 11.6 Å². The average molecular weight is 387 g/mol. The monoisotopic (exact) mass is 387 g/mol. The minimum Gasteiger partial charge on any atom is -0.504 e. The van der Waals surface area contributed by atoms with Crippen LogP contribution >= 0.6 is 0 Å². The smallest absolute Gasteiger partial charge is 0.261 e. The van der Waals surface area contributed by atoms with E-state index in [1.807, 2.05) is 0 Å². The Hall–Kier alpha value is -3.46. The van der Waals surface area contributed by atoms with Crippen molar-refractivity contribution < 1.29 is 22.7 Å². The number of aromatic hydroxyl groups is 1. The highest BCUT2D eigenvalue weighted by atomic mass is 32.2. The van der Waals surface area contributed by atoms with Gasteiger partial charge in [0.1, 0.15) is 5.82 Å². The Balaban J connectivity index is 1.75. The standard InChI is InChI=1S/C18H14FN3O4S/c19-13-5-7-14(8-6-13)22-27(25,26)15-9-3-12(4-10-15)18(24)21-17-16(23)2-1-11-20-17/h1-11,22-23H,(H,20,21,24). The zero-order valence-corrected chi connectivity index (χ0v) is 14.6. The minimum absolute atomic E-state index is 0.00262. The minimum atomic E-state index is -3.89. The summed E-state index contributed by atoms with van der Waals surface area (Å²) in [5.74, 6) is -1.22. The van der Waals surface area contributed by atoms with Crippen LogP contribution in [0.15, 0.2) is 71.8 Å². The van der Waals surface area contributed by atoms with E-state index >= 15 is 0 Å². The van der Waals surface area contributed by atoms with Crippen LogP contribution in [0.2, 0.25) is 0 Å². The average Bonchev–Trinajstić information content (AvgIpc) is 2.65. The third-order valence-corrected chi connectivity index (χ3v) is 4.94. The van der Waals surface area contributed by atoms with Crippen molar-refractivity contribution in [3.63, 3.8) is 0 Å². The van der Waals surface area contributed by atoms with Crippen LogP contribution in [0.5, 0.6) is 5.75 Å². The number of sulfonamides is 1. The molecule has 27 heavy (non-hydrogen) atoms. The van der Waals surface area contributed by atoms with Crippen LogP contribution < -0.4 is 10.0 Å². The van der Waals surface area contributed by atoms with Crippen LogP contribution in [0, 0.1) is 5.82 Å². The molecule has 0 spiro atoms. The van der Waals surface area contributed by atoms with Gasteiger partial charge in [-0.1, -0.05) is 0 Å². The van der Waals surface area contributed by atoms with Gasteiger partial charge in [0.05, 0.1) is 4.90 Å². The van der Waals surface area contributed by atoms with E-state index in [1.54, 1.807) is 0 Å². The van der Waals surface area contributed by atoms with Gasteiger partial charge in [0.25, 0.3) is 15.9 Å². The number of amides is 1. The molecule has 3 rings (SSSR count). The van der Waals surface area contributed by atoms with Crippen LogP contribution in [0.4, 0.5) is 15.9 Å². The Kier molecular flexibility index (Phi) is 5.04. The highest BCUT2D eigenvalue weighted by Gasteiger charge is 2.16. The van der Waals surface area contributed by atoms with E-state index in [1.165, 1.54) is 54.7 Å². The normalized spacial score (nSPS) is 11.0. The van der Waals surface area contributed by atoms with Gasteiger partial charge in [-0.15, -0.1) is 0 Å². The Bertz CT molecular complexity index is 1070. The molecule has 138 valence electrons. The first-order valence-corrected chi connectivity index (χ1v) is 9.17. The summed E-state index contributed by atoms with van der Waals surface area (Å²) in [7, 11) is -3.89. The van der Waals surface area contributed by atoms with Crippen LogP contribution in [-0.2, 0) is 10.0 Å². The van der Waals surface area contributed by atoms with Crippen molar-refractivity contribution in [2.24, 2.45) is 0 Å². The van der Waals surface area contributed by atoms with Crippen LogP contribution in [0.3, 0.4) is 0 Å². The summed E-state index contributed by atoms with van der Waals surface area (Å²) in [6, 6.07) is 12.9. The highest BCUT2D eigenvalue weighted by Crippen LogP contribution is 2.20. The maximum atomic E-state index is 12.9. The molecule has 1 amide bonds. The molecule has 0 saturated heterocycles. The van der Waals surface area contributed by atoms with Crippen molar-refractivity contribution in [3.8, 4) is 5.75 Å². The number of rotatable bonds is 5. The van der Waals surface area contributed by atoms with E-state index < -0.39 is 21.7 Å². The molecular formula is C18H14FN3O4S. The lowest BCUT2D eigenvalue weighted by atomic mass is 10.2. The topological polar surface area (TPSA) is 108 Å². The van der Waals surface area contributed by atoms with Gasteiger partial charge in [0.2, 0.25) is 0 Å². The first kappa shape index (κ1) is 18.3. The van der Waals surface area contributed by atoms with Gasteiger partial charge < -0.3 is 10.4 Å². The van der Waals surface area contributed by atoms with E-state index in [0.717, 1.165) is 12.1 Å². The van der Waals surface area contributed by atoms with Gasteiger partial charge >= 0.3 is 0 Å². The number of anilines is 2. The van der Waals surface area contributed by atoms with Crippen LogP contribution in [0.25, 0.3) is 0 Å². The number of carbonyl (C=O) groups is 1. The predicted octanol–water partition coefficient (Wildman–Crippen LogP) is 2.98. The Labute approximate surface area is 154 Å². The van der Waals surface area contributed by atoms with Crippen molar-refractivity contribution in [1.82, 2.24) is 4.98 Å². The molecule has 0 saturated carbocycles. The van der Waals surface area contributed by atoms with E-state index in [4.69, 9.17) is 0 Å². The second kappa shape index (κ2) is 7.42. The highest BCUT2D eigenvalue weighted by molar-refractivity contribution is 7.92. The second-order valence-corrected chi connectivity index (χ2v) is 7.14. The molecule has 0 aliphatic rings. The SMILES string of the molecule is O=C(Nc1ncccc1O)c1ccc(S(=O)(=O)Nc2ccc(F)cc2)cc1. The molecular weight excluding hydrogens is 373 g/mol. The molecule has 9 heteroatoms. The summed E-state index contributed by atoms with van der Waals surface area (Å²) in [6.45, 7) is 0. The Morgan fingerprint density at radius 1 is 1.00 bits per heavy atom. The molecule has 0 aliphatic carbocycles. The molecule has 7 nitrogen and oxygen atoms in total. The van der Waals surface area contributed by atoms with Crippen LogP contribution in [-0.4, -0.2) is 24.4 Å². The lowest BCUT2D eigenvalue weighted by molar-refractivity contribution is 0.102. The summed E-state index contributed by atoms with van der Waals surface area (Å²) < 4.78 is 39.9. The maximum absolute atomic E-state index is 12.9. The van der Waals surface area contributed by atoms with Gasteiger partial charge in [0, 0.05) is 17.4 Å². The zero-order valence-electron chi connectivity index (χ0n) is 13.8. The second-order valence-electron chi connectivity index (χ2n) is 5.46. The summed E-state index contributed by atoms with van der Waals surface area (Å²) in [5, 5.41) is 12.1. The Morgan fingerprint density at radius 3 is 2.30 bits per heavy atom. The number of carbonyl (C=O) groups excluding carboxylic acids is 1. The van der Waals surface area contributed by atoms with Gasteiger partial charge in [-0.2, -0.15) is 0 Å². The summed E-state index contributed by atoms with van der Waals surface area (Å²) in [5.41, 5.74) is 0.393. The summed E-state index contributed by atoms with van der Waals surface area (Å²) in [4.78, 5) is 16.0. The number of hydrogen-bond acceptors (Lipinski definition) is 5. The third kappa shape index (κ3) is 4.39. The maximum Gasteiger partial charge on any atom is 0.261 e. The number of pyridine rings is 1. The van der Waals surface area contributed by atoms with Crippen molar-refractivity contribution in [3.05, 3.63) is 78.2 Å². The number of nitrogens with zero attached hydrogens (tertiary/aromatic N) is 1. The largest absolute Gasteiger partial charge is 0.504 e. The lowest BCUT2D eigenvalue weighted by Crippen LogP contribution is -2.15. The van der Waals surface area contributed by atoms with E-state index in [9.17, 15) is 22.7 Å². The van der Waals surface area contributed by atoms with Crippen molar-refractivity contribution >= 4 is 27.4 Å². The van der Waals surface area contributed by atoms with Gasteiger partial charge in [-0.05, 0) is 60.7 Å². The number of hydrogen-bond donors (Lipinski definition) is 3. The molecule has 0 atom stereocenters. The summed E-state index contributed by atoms with van der Waals surface area (Å²) >= 11 is 0. The fourth-order valence-electron chi connectivity index (χ4n) is 2.19. The molecule has 1 aromatic heterocycles. The fraction of sp³-hybridized carbons (Fsp3) is 0. The van der Waals surface area contributed by atoms with Crippen molar-refractivity contribution in [1.29, 1.82) is 0 Å². The number of halogens is 1. The van der Waals surface area contributed by atoms with Crippen LogP contribution in [0.1, 0.15) is 10.4 Å². The van der Waals surface area contributed by atoms with Crippen molar-refractivity contribution in [2.45, 2.75) is 4.90 Å². The molecule has 3 N–H and O–H groups in total. The number of aromatic nitrogens is 1. The number of nitrogens with one attached hydrogen (secondary N) is 2. The lowest BCUT2D eigenvalue weighted by Gasteiger charge is -2.09. The first-order valence-electron chi connectivity index (χ1n) is 7.69. The molecule has 0 aliphatic heterocycles. The quantitative estimate of drug-likeness (QED) is 0.624. The predicted molar refractivity (Wildman–Crippen MR) is 97.5 cm³/mol. The number of benzene rings is 2. The molecule has 2 aromatic carbocycles. The molecule has 1 heterocycles. The fourth-order valence-corrected chi connectivity index (χ4v) is 3.25. The first-order chi connectivity index (χ1) is 12.8. The molecule has 0 fully saturated rings. The van der Waals surface area contributed by atoms with E-state index in [2.05, 4.69) is 15.0 Å². The van der Waals surface area contributed by atoms with E-state index in [-0.39, 0.29) is 27.7 Å². The molecule has 3 aromatic rings. The molecule has 0 bridgehead atoms. The van der Waals surface area contributed by atoms with E-state index in [0.29, 0.717) is 0 Å². The van der Waals surface area contributed by atoms with Crippen molar-refractivity contribution in [2.75, 3.05) is 10.0 Å². The molecule has 0 unspecified atom stereocenters. The van der Waals surface area contributed by atoms with Gasteiger partial charge in [-0.3, -0.25) is 9.52 Å².